The maximum absolute atomic E-state index is 12.4. The summed E-state index contributed by atoms with van der Waals surface area (Å²) < 4.78 is 5.28. The van der Waals surface area contributed by atoms with E-state index in [1.165, 1.54) is 53.2 Å². The van der Waals surface area contributed by atoms with E-state index in [2.05, 4.69) is 39.3 Å². The van der Waals surface area contributed by atoms with Crippen molar-refractivity contribution in [3.05, 3.63) is 53.0 Å². The van der Waals surface area contributed by atoms with Crippen LogP contribution in [0.15, 0.2) is 52.4 Å². The van der Waals surface area contributed by atoms with Crippen LogP contribution in [-0.2, 0) is 20.7 Å². The van der Waals surface area contributed by atoms with Crippen LogP contribution >= 0.6 is 34.4 Å². The molecule has 1 amide bonds. The van der Waals surface area contributed by atoms with E-state index in [0.29, 0.717) is 10.2 Å². The van der Waals surface area contributed by atoms with E-state index >= 15 is 0 Å². The quantitative estimate of drug-likeness (QED) is 0.213. The first-order chi connectivity index (χ1) is 15.5. The third-order valence-corrected chi connectivity index (χ3v) is 7.18. The number of carbonyl (C=O) groups is 2. The number of benzene rings is 1. The summed E-state index contributed by atoms with van der Waals surface area (Å²) in [4.78, 5) is 38.4. The molecular formula is C22H20N4O3S3. The standard InChI is InChI=1S/C22H20N4O3S3/c1-3-14-4-6-15(7-5-14)17-10-32-22(25-17)26-19(28)13(2)29-18(27)11-31-21-16-8-9-30-20(16)23-12-24-21/h4-10,12-13H,3,11H2,1-2H3,(H,25,26,28). The minimum absolute atomic E-state index is 0.0503. The van der Waals surface area contributed by atoms with Crippen LogP contribution in [0.25, 0.3) is 21.5 Å². The number of anilines is 1. The molecule has 0 fully saturated rings. The molecule has 0 saturated carbocycles. The van der Waals surface area contributed by atoms with Crippen molar-refractivity contribution >= 4 is 61.7 Å². The Labute approximate surface area is 197 Å². The molecule has 10 heteroatoms. The molecule has 0 aliphatic carbocycles. The molecule has 1 N–H and O–H groups in total. The summed E-state index contributed by atoms with van der Waals surface area (Å²) in [5, 5.41) is 8.62. The number of hydrogen-bond donors (Lipinski definition) is 1. The fourth-order valence-electron chi connectivity index (χ4n) is 2.88. The van der Waals surface area contributed by atoms with E-state index in [-0.39, 0.29) is 5.75 Å². The number of aromatic nitrogens is 3. The van der Waals surface area contributed by atoms with Gasteiger partial charge in [-0.05, 0) is 30.4 Å². The number of rotatable bonds is 8. The number of thioether (sulfide) groups is 1. The molecule has 3 heterocycles. The van der Waals surface area contributed by atoms with Gasteiger partial charge in [-0.2, -0.15) is 0 Å². The van der Waals surface area contributed by atoms with Gasteiger partial charge in [-0.15, -0.1) is 22.7 Å². The van der Waals surface area contributed by atoms with Crippen molar-refractivity contribution in [1.82, 2.24) is 15.0 Å². The zero-order valence-corrected chi connectivity index (χ0v) is 19.9. The maximum Gasteiger partial charge on any atom is 0.317 e. The molecule has 0 spiro atoms. The Hall–Kier alpha value is -2.82. The second kappa shape index (κ2) is 10.2. The molecule has 4 rings (SSSR count). The van der Waals surface area contributed by atoms with Crippen LogP contribution in [0.5, 0.6) is 0 Å². The summed E-state index contributed by atoms with van der Waals surface area (Å²) in [6.45, 7) is 3.65. The van der Waals surface area contributed by atoms with Gasteiger partial charge in [-0.25, -0.2) is 15.0 Å². The zero-order valence-electron chi connectivity index (χ0n) is 17.4. The van der Waals surface area contributed by atoms with Crippen LogP contribution in [0.1, 0.15) is 19.4 Å². The number of thiophene rings is 1. The van der Waals surface area contributed by atoms with E-state index in [9.17, 15) is 9.59 Å². The highest BCUT2D eigenvalue weighted by Crippen LogP contribution is 2.28. The third kappa shape index (κ3) is 5.32. The van der Waals surface area contributed by atoms with Gasteiger partial charge in [0.05, 0.1) is 11.4 Å². The number of nitrogens with zero attached hydrogens (tertiary/aromatic N) is 3. The van der Waals surface area contributed by atoms with E-state index in [1.54, 1.807) is 0 Å². The molecule has 4 aromatic rings. The minimum Gasteiger partial charge on any atom is -0.452 e. The van der Waals surface area contributed by atoms with Crippen LogP contribution in [0.2, 0.25) is 0 Å². The predicted molar refractivity (Wildman–Crippen MR) is 129 cm³/mol. The molecular weight excluding hydrogens is 464 g/mol. The van der Waals surface area contributed by atoms with E-state index in [4.69, 9.17) is 4.74 Å². The molecule has 32 heavy (non-hydrogen) atoms. The normalized spacial score (nSPS) is 11.9. The Morgan fingerprint density at radius 1 is 1.16 bits per heavy atom. The van der Waals surface area contributed by atoms with E-state index in [1.807, 2.05) is 29.0 Å². The number of nitrogens with one attached hydrogen (secondary N) is 1. The van der Waals surface area contributed by atoms with Crippen molar-refractivity contribution in [2.45, 2.75) is 31.4 Å². The predicted octanol–water partition coefficient (Wildman–Crippen LogP) is 5.04. The Balaban J connectivity index is 1.29. The number of amides is 1. The highest BCUT2D eigenvalue weighted by atomic mass is 32.2. The van der Waals surface area contributed by atoms with Gasteiger partial charge in [0, 0.05) is 16.3 Å². The van der Waals surface area contributed by atoms with E-state index < -0.39 is 18.0 Å². The molecule has 0 saturated heterocycles. The van der Waals surface area contributed by atoms with Gasteiger partial charge in [0.25, 0.3) is 5.91 Å². The van der Waals surface area contributed by atoms with Gasteiger partial charge in [-0.3, -0.25) is 14.9 Å². The Morgan fingerprint density at radius 2 is 1.97 bits per heavy atom. The van der Waals surface area contributed by atoms with Crippen LogP contribution in [0, 0.1) is 0 Å². The second-order valence-electron chi connectivity index (χ2n) is 6.82. The first kappa shape index (κ1) is 22.4. The fourth-order valence-corrected chi connectivity index (χ4v) is 5.16. The van der Waals surface area contributed by atoms with Crippen molar-refractivity contribution < 1.29 is 14.3 Å². The van der Waals surface area contributed by atoms with Gasteiger partial charge in [0.15, 0.2) is 11.2 Å². The highest BCUT2D eigenvalue weighted by Gasteiger charge is 2.20. The lowest BCUT2D eigenvalue weighted by Gasteiger charge is -2.12. The monoisotopic (exact) mass is 484 g/mol. The lowest BCUT2D eigenvalue weighted by atomic mass is 10.1. The van der Waals surface area contributed by atoms with Crippen molar-refractivity contribution in [2.24, 2.45) is 0 Å². The Bertz CT molecular complexity index is 1240. The van der Waals surface area contributed by atoms with Gasteiger partial charge >= 0.3 is 5.97 Å². The topological polar surface area (TPSA) is 94.1 Å². The third-order valence-electron chi connectivity index (χ3n) is 4.62. The molecule has 0 aliphatic heterocycles. The van der Waals surface area contributed by atoms with Crippen LogP contribution in [-0.4, -0.2) is 38.7 Å². The first-order valence-corrected chi connectivity index (χ1v) is 12.6. The van der Waals surface area contributed by atoms with Gasteiger partial charge in [0.1, 0.15) is 16.2 Å². The largest absolute Gasteiger partial charge is 0.452 e. The number of aryl methyl sites for hydroxylation is 1. The minimum atomic E-state index is -0.939. The van der Waals surface area contributed by atoms with Crippen molar-refractivity contribution in [1.29, 1.82) is 0 Å². The summed E-state index contributed by atoms with van der Waals surface area (Å²) in [7, 11) is 0. The van der Waals surface area contributed by atoms with Crippen molar-refractivity contribution in [3.63, 3.8) is 0 Å². The summed E-state index contributed by atoms with van der Waals surface area (Å²) in [5.41, 5.74) is 3.03. The molecule has 1 unspecified atom stereocenters. The summed E-state index contributed by atoms with van der Waals surface area (Å²) >= 11 is 4.10. The molecule has 1 aromatic carbocycles. The SMILES string of the molecule is CCc1ccc(-c2csc(NC(=O)C(C)OC(=O)CSc3ncnc4sccc34)n2)cc1. The number of thiazole rings is 1. The summed E-state index contributed by atoms with van der Waals surface area (Å²) in [6.07, 6.45) is 1.51. The number of fused-ring (bicyclic) bond motifs is 1. The van der Waals surface area contributed by atoms with Crippen LogP contribution < -0.4 is 5.32 Å². The fraction of sp³-hybridized carbons (Fsp3) is 0.227. The zero-order chi connectivity index (χ0) is 22.5. The average molecular weight is 485 g/mol. The smallest absolute Gasteiger partial charge is 0.317 e. The first-order valence-electron chi connectivity index (χ1n) is 9.89. The van der Waals surface area contributed by atoms with Gasteiger partial charge in [-0.1, -0.05) is 43.0 Å². The molecule has 3 aromatic heterocycles. The molecule has 0 radical (unpaired) electrons. The number of ether oxygens (including phenoxy) is 1. The van der Waals surface area contributed by atoms with Gasteiger partial charge in [0.2, 0.25) is 0 Å². The average Bonchev–Trinajstić information content (AvgIpc) is 3.47. The number of carbonyl (C=O) groups excluding carboxylic acids is 2. The van der Waals surface area contributed by atoms with Crippen molar-refractivity contribution in [3.8, 4) is 11.3 Å². The molecule has 0 aliphatic rings. The number of hydrogen-bond acceptors (Lipinski definition) is 9. The number of esters is 1. The maximum atomic E-state index is 12.4. The van der Waals surface area contributed by atoms with E-state index in [0.717, 1.165) is 27.9 Å². The van der Waals surface area contributed by atoms with Gasteiger partial charge < -0.3 is 4.74 Å². The molecule has 1 atom stereocenters. The van der Waals surface area contributed by atoms with Crippen LogP contribution in [0.3, 0.4) is 0 Å². The van der Waals surface area contributed by atoms with Crippen LogP contribution in [0.4, 0.5) is 5.13 Å². The lowest BCUT2D eigenvalue weighted by molar-refractivity contribution is -0.150. The Kier molecular flexibility index (Phi) is 7.13. The molecule has 7 nitrogen and oxygen atoms in total. The Morgan fingerprint density at radius 3 is 2.75 bits per heavy atom. The highest BCUT2D eigenvalue weighted by molar-refractivity contribution is 8.00. The molecule has 0 bridgehead atoms. The van der Waals surface area contributed by atoms with Crippen molar-refractivity contribution in [2.75, 3.05) is 11.1 Å². The summed E-state index contributed by atoms with van der Waals surface area (Å²) in [5.74, 6) is -0.863. The summed E-state index contributed by atoms with van der Waals surface area (Å²) in [6, 6.07) is 10.1. The lowest BCUT2D eigenvalue weighted by Crippen LogP contribution is -2.30. The second-order valence-corrected chi connectivity index (χ2v) is 9.53. The molecule has 164 valence electrons.